The Morgan fingerprint density at radius 1 is 1.29 bits per heavy atom. The highest BCUT2D eigenvalue weighted by Crippen LogP contribution is 2.32. The molecule has 0 bridgehead atoms. The number of nitrogens with two attached hydrogens (primary N) is 1. The summed E-state index contributed by atoms with van der Waals surface area (Å²) in [5, 5.41) is 4.60. The Bertz CT molecular complexity index is 458. The van der Waals surface area contributed by atoms with E-state index in [2.05, 4.69) is 37.7 Å². The summed E-state index contributed by atoms with van der Waals surface area (Å²) in [5.74, 6) is 0. The van der Waals surface area contributed by atoms with Crippen LogP contribution in [-0.2, 0) is 7.05 Å². The van der Waals surface area contributed by atoms with Crippen molar-refractivity contribution in [2.24, 2.45) is 12.8 Å². The maximum Gasteiger partial charge on any atom is 0.0644 e. The minimum Gasteiger partial charge on any atom is -0.328 e. The van der Waals surface area contributed by atoms with Crippen LogP contribution in [0, 0.1) is 13.8 Å². The van der Waals surface area contributed by atoms with Gasteiger partial charge in [-0.2, -0.15) is 5.10 Å². The molecule has 0 aliphatic heterocycles. The fourth-order valence-electron chi connectivity index (χ4n) is 3.94. The Morgan fingerprint density at radius 2 is 1.90 bits per heavy atom. The summed E-state index contributed by atoms with van der Waals surface area (Å²) < 4.78 is 2.02. The molecule has 1 saturated carbocycles. The third-order valence-electron chi connectivity index (χ3n) is 5.17. The number of rotatable bonds is 5. The van der Waals surface area contributed by atoms with E-state index in [1.807, 2.05) is 11.7 Å². The zero-order chi connectivity index (χ0) is 15.6. The second-order valence-corrected chi connectivity index (χ2v) is 6.69. The summed E-state index contributed by atoms with van der Waals surface area (Å²) in [6.45, 7) is 10.1. The van der Waals surface area contributed by atoms with Gasteiger partial charge in [0.05, 0.1) is 5.69 Å². The van der Waals surface area contributed by atoms with Gasteiger partial charge in [-0.3, -0.25) is 9.58 Å². The van der Waals surface area contributed by atoms with E-state index < -0.39 is 0 Å². The van der Waals surface area contributed by atoms with E-state index in [1.54, 1.807) is 0 Å². The van der Waals surface area contributed by atoms with Gasteiger partial charge in [-0.1, -0.05) is 6.92 Å². The van der Waals surface area contributed by atoms with Crippen LogP contribution in [-0.4, -0.2) is 33.3 Å². The molecule has 120 valence electrons. The zero-order valence-electron chi connectivity index (χ0n) is 14.4. The summed E-state index contributed by atoms with van der Waals surface area (Å²) in [6, 6.07) is 1.54. The highest BCUT2D eigenvalue weighted by Gasteiger charge is 2.30. The molecule has 21 heavy (non-hydrogen) atoms. The van der Waals surface area contributed by atoms with Crippen molar-refractivity contribution in [1.29, 1.82) is 0 Å². The van der Waals surface area contributed by atoms with Crippen molar-refractivity contribution in [3.8, 4) is 0 Å². The fourth-order valence-corrected chi connectivity index (χ4v) is 3.94. The molecule has 0 radical (unpaired) electrons. The lowest BCUT2D eigenvalue weighted by Gasteiger charge is -2.40. The summed E-state index contributed by atoms with van der Waals surface area (Å²) >= 11 is 0. The molecular formula is C17H32N4. The predicted molar refractivity (Wildman–Crippen MR) is 88.3 cm³/mol. The van der Waals surface area contributed by atoms with Crippen molar-refractivity contribution in [2.75, 3.05) is 6.54 Å². The molecule has 1 atom stereocenters. The molecule has 1 unspecified atom stereocenters. The molecule has 1 fully saturated rings. The zero-order valence-corrected chi connectivity index (χ0v) is 14.4. The molecule has 0 saturated heterocycles. The number of aromatic nitrogens is 2. The van der Waals surface area contributed by atoms with E-state index in [0.717, 1.165) is 6.54 Å². The molecule has 4 nitrogen and oxygen atoms in total. The van der Waals surface area contributed by atoms with Gasteiger partial charge < -0.3 is 5.73 Å². The fraction of sp³-hybridized carbons (Fsp3) is 0.824. The first-order valence-corrected chi connectivity index (χ1v) is 8.47. The van der Waals surface area contributed by atoms with Crippen LogP contribution in [0.5, 0.6) is 0 Å². The summed E-state index contributed by atoms with van der Waals surface area (Å²) in [5.41, 5.74) is 9.97. The number of hydrogen-bond donors (Lipinski definition) is 1. The van der Waals surface area contributed by atoms with Crippen LogP contribution in [0.1, 0.15) is 68.9 Å². The van der Waals surface area contributed by atoms with Crippen molar-refractivity contribution in [3.05, 3.63) is 17.0 Å². The van der Waals surface area contributed by atoms with Crippen molar-refractivity contribution >= 4 is 0 Å². The quantitative estimate of drug-likeness (QED) is 0.907. The Kier molecular flexibility index (Phi) is 5.44. The van der Waals surface area contributed by atoms with Crippen molar-refractivity contribution in [3.63, 3.8) is 0 Å². The molecule has 2 rings (SSSR count). The van der Waals surface area contributed by atoms with Crippen LogP contribution in [0.4, 0.5) is 0 Å². The van der Waals surface area contributed by atoms with Gasteiger partial charge in [-0.25, -0.2) is 0 Å². The topological polar surface area (TPSA) is 47.1 Å². The van der Waals surface area contributed by atoms with Gasteiger partial charge in [-0.05, 0) is 59.4 Å². The average Bonchev–Trinajstić information content (AvgIpc) is 2.70. The Labute approximate surface area is 129 Å². The standard InChI is InChI=1S/C17H32N4/c1-6-11-21(16-9-7-15(18)8-10-16)14(4)17-12(2)19-20(5)13(17)3/h14-16H,6-11,18H2,1-5H3. The van der Waals surface area contributed by atoms with E-state index in [4.69, 9.17) is 5.73 Å². The van der Waals surface area contributed by atoms with Gasteiger partial charge >= 0.3 is 0 Å². The Morgan fingerprint density at radius 3 is 2.38 bits per heavy atom. The normalized spacial score (nSPS) is 24.5. The van der Waals surface area contributed by atoms with Crippen molar-refractivity contribution in [1.82, 2.24) is 14.7 Å². The third kappa shape index (κ3) is 3.49. The summed E-state index contributed by atoms with van der Waals surface area (Å²) in [7, 11) is 2.04. The van der Waals surface area contributed by atoms with Gasteiger partial charge in [0.15, 0.2) is 0 Å². The first-order valence-electron chi connectivity index (χ1n) is 8.47. The minimum atomic E-state index is 0.418. The molecule has 0 aromatic carbocycles. The predicted octanol–water partition coefficient (Wildman–Crippen LogP) is 3.08. The van der Waals surface area contributed by atoms with Crippen LogP contribution in [0.3, 0.4) is 0 Å². The van der Waals surface area contributed by atoms with Crippen LogP contribution >= 0.6 is 0 Å². The van der Waals surface area contributed by atoms with E-state index >= 15 is 0 Å². The lowest BCUT2D eigenvalue weighted by Crippen LogP contribution is -2.42. The third-order valence-corrected chi connectivity index (χ3v) is 5.17. The Balaban J connectivity index is 2.20. The number of aryl methyl sites for hydroxylation is 2. The first kappa shape index (κ1) is 16.5. The molecular weight excluding hydrogens is 260 g/mol. The molecule has 4 heteroatoms. The van der Waals surface area contributed by atoms with E-state index in [0.29, 0.717) is 18.1 Å². The maximum absolute atomic E-state index is 6.08. The SMILES string of the molecule is CCCN(C1CCC(N)CC1)C(C)c1c(C)nn(C)c1C. The molecule has 1 aliphatic rings. The molecule has 1 aromatic heterocycles. The first-order chi connectivity index (χ1) is 9.95. The van der Waals surface area contributed by atoms with Crippen molar-refractivity contribution in [2.45, 2.75) is 77.9 Å². The van der Waals surface area contributed by atoms with Crippen LogP contribution in [0.2, 0.25) is 0 Å². The largest absolute Gasteiger partial charge is 0.328 e. The minimum absolute atomic E-state index is 0.418. The second-order valence-electron chi connectivity index (χ2n) is 6.69. The Hall–Kier alpha value is -0.870. The van der Waals surface area contributed by atoms with Crippen molar-refractivity contribution < 1.29 is 0 Å². The summed E-state index contributed by atoms with van der Waals surface area (Å²) in [6.07, 6.45) is 6.02. The average molecular weight is 292 g/mol. The lowest BCUT2D eigenvalue weighted by molar-refractivity contribution is 0.107. The van der Waals surface area contributed by atoms with Crippen LogP contribution in [0.15, 0.2) is 0 Å². The van der Waals surface area contributed by atoms with Gasteiger partial charge in [0, 0.05) is 36.4 Å². The molecule has 0 spiro atoms. The smallest absolute Gasteiger partial charge is 0.0644 e. The van der Waals surface area contributed by atoms with Gasteiger partial charge in [0.2, 0.25) is 0 Å². The molecule has 2 N–H and O–H groups in total. The second kappa shape index (κ2) is 6.93. The lowest BCUT2D eigenvalue weighted by atomic mass is 9.89. The molecule has 0 amide bonds. The van der Waals surface area contributed by atoms with E-state index in [1.165, 1.54) is 49.1 Å². The maximum atomic E-state index is 6.08. The van der Waals surface area contributed by atoms with E-state index in [9.17, 15) is 0 Å². The summed E-state index contributed by atoms with van der Waals surface area (Å²) in [4.78, 5) is 2.70. The monoisotopic (exact) mass is 292 g/mol. The van der Waals surface area contributed by atoms with Gasteiger partial charge in [0.1, 0.15) is 0 Å². The van der Waals surface area contributed by atoms with Gasteiger partial charge in [0.25, 0.3) is 0 Å². The van der Waals surface area contributed by atoms with Crippen LogP contribution in [0.25, 0.3) is 0 Å². The number of nitrogens with zero attached hydrogens (tertiary/aromatic N) is 3. The molecule has 1 heterocycles. The van der Waals surface area contributed by atoms with E-state index in [-0.39, 0.29) is 0 Å². The molecule has 1 aliphatic carbocycles. The highest BCUT2D eigenvalue weighted by atomic mass is 15.3. The number of hydrogen-bond acceptors (Lipinski definition) is 3. The highest BCUT2D eigenvalue weighted by molar-refractivity contribution is 5.28. The molecule has 1 aromatic rings. The van der Waals surface area contributed by atoms with Gasteiger partial charge in [-0.15, -0.1) is 0 Å². The van der Waals surface area contributed by atoms with Crippen LogP contribution < -0.4 is 5.73 Å².